The second-order valence-corrected chi connectivity index (χ2v) is 10.8. The monoisotopic (exact) mass is 413 g/mol. The molecule has 3 rings (SSSR count). The van der Waals surface area contributed by atoms with Gasteiger partial charge in [0.1, 0.15) is 17.3 Å². The summed E-state index contributed by atoms with van der Waals surface area (Å²) in [5.41, 5.74) is 0.731. The Morgan fingerprint density at radius 1 is 1.15 bits per heavy atom. The molecule has 1 aliphatic heterocycles. The Kier molecular flexibility index (Phi) is 5.64. The Balaban J connectivity index is 1.70. The van der Waals surface area contributed by atoms with Crippen LogP contribution < -0.4 is 4.74 Å². The smallest absolute Gasteiger partial charge is 0.243 e. The molecule has 9 heteroatoms. The van der Waals surface area contributed by atoms with Crippen molar-refractivity contribution < 1.29 is 26.0 Å². The van der Waals surface area contributed by atoms with Gasteiger partial charge < -0.3 is 9.15 Å². The van der Waals surface area contributed by atoms with Crippen molar-refractivity contribution >= 4 is 19.9 Å². The summed E-state index contributed by atoms with van der Waals surface area (Å²) in [5, 5.41) is -0.563. The molecule has 148 valence electrons. The maximum atomic E-state index is 12.9. The predicted octanol–water partition coefficient (Wildman–Crippen LogP) is 2.36. The summed E-state index contributed by atoms with van der Waals surface area (Å²) in [7, 11) is -5.52. The van der Waals surface area contributed by atoms with Gasteiger partial charge >= 0.3 is 0 Å². The lowest BCUT2D eigenvalue weighted by Crippen LogP contribution is -2.42. The first-order valence-corrected chi connectivity index (χ1v) is 11.8. The predicted molar refractivity (Wildman–Crippen MR) is 101 cm³/mol. The Morgan fingerprint density at radius 3 is 2.41 bits per heavy atom. The van der Waals surface area contributed by atoms with E-state index in [0.717, 1.165) is 5.56 Å². The molecule has 0 saturated carbocycles. The first-order chi connectivity index (χ1) is 12.7. The molecule has 0 atom stereocenters. The number of methoxy groups -OCH3 is 1. The quantitative estimate of drug-likeness (QED) is 0.722. The number of aryl methyl sites for hydroxylation is 1. The van der Waals surface area contributed by atoms with Crippen LogP contribution in [0.25, 0.3) is 0 Å². The number of piperidine rings is 1. The number of benzene rings is 1. The number of sulfone groups is 1. The SMILES string of the molecule is COc1ccc(S(=O)(=O)N2CCC(S(=O)(=O)Cc3ccco3)CC2)cc1C. The van der Waals surface area contributed by atoms with Crippen LogP contribution in [-0.4, -0.2) is 46.6 Å². The number of hydrogen-bond donors (Lipinski definition) is 0. The number of nitrogens with zero attached hydrogens (tertiary/aromatic N) is 1. The molecular weight excluding hydrogens is 390 g/mol. The highest BCUT2D eigenvalue weighted by molar-refractivity contribution is 7.91. The number of ether oxygens (including phenoxy) is 1. The molecule has 0 bridgehead atoms. The van der Waals surface area contributed by atoms with E-state index < -0.39 is 25.1 Å². The second-order valence-electron chi connectivity index (χ2n) is 6.62. The van der Waals surface area contributed by atoms with Crippen LogP contribution in [-0.2, 0) is 25.6 Å². The van der Waals surface area contributed by atoms with Crippen LogP contribution in [0.5, 0.6) is 5.75 Å². The number of rotatable bonds is 6. The minimum atomic E-state index is -3.66. The summed E-state index contributed by atoms with van der Waals surface area (Å²) in [5.74, 6) is 0.866. The molecule has 0 aliphatic carbocycles. The standard InChI is InChI=1S/C18H23NO6S2/c1-14-12-17(5-6-18(14)24-2)27(22,23)19-9-7-16(8-10-19)26(20,21)13-15-4-3-11-25-15/h3-6,11-12,16H,7-10,13H2,1-2H3. The molecule has 27 heavy (non-hydrogen) atoms. The zero-order chi connectivity index (χ0) is 19.7. The van der Waals surface area contributed by atoms with Crippen LogP contribution in [0.15, 0.2) is 45.9 Å². The highest BCUT2D eigenvalue weighted by Crippen LogP contribution is 2.28. The fraction of sp³-hybridized carbons (Fsp3) is 0.444. The van der Waals surface area contributed by atoms with E-state index in [9.17, 15) is 16.8 Å². The number of hydrogen-bond acceptors (Lipinski definition) is 6. The number of furan rings is 1. The Morgan fingerprint density at radius 2 is 1.85 bits per heavy atom. The topological polar surface area (TPSA) is 93.9 Å². The molecule has 1 saturated heterocycles. The zero-order valence-electron chi connectivity index (χ0n) is 15.3. The highest BCUT2D eigenvalue weighted by Gasteiger charge is 2.35. The van der Waals surface area contributed by atoms with E-state index in [1.54, 1.807) is 31.2 Å². The molecule has 1 aliphatic rings. The summed E-state index contributed by atoms with van der Waals surface area (Å²) in [6.07, 6.45) is 1.99. The average molecular weight is 414 g/mol. The van der Waals surface area contributed by atoms with E-state index in [-0.39, 0.29) is 36.6 Å². The average Bonchev–Trinajstić information content (AvgIpc) is 3.14. The second kappa shape index (κ2) is 7.65. The summed E-state index contributed by atoms with van der Waals surface area (Å²) in [6.45, 7) is 2.14. The maximum Gasteiger partial charge on any atom is 0.243 e. The van der Waals surface area contributed by atoms with Gasteiger partial charge in [-0.3, -0.25) is 0 Å². The molecule has 2 aromatic rings. The van der Waals surface area contributed by atoms with Crippen LogP contribution in [0.3, 0.4) is 0 Å². The first kappa shape index (κ1) is 19.9. The van der Waals surface area contributed by atoms with Gasteiger partial charge in [-0.15, -0.1) is 0 Å². The largest absolute Gasteiger partial charge is 0.496 e. The van der Waals surface area contributed by atoms with E-state index in [1.807, 2.05) is 0 Å². The van der Waals surface area contributed by atoms with Gasteiger partial charge in [-0.25, -0.2) is 16.8 Å². The highest BCUT2D eigenvalue weighted by atomic mass is 32.2. The van der Waals surface area contributed by atoms with Crippen molar-refractivity contribution in [3.05, 3.63) is 47.9 Å². The van der Waals surface area contributed by atoms with Gasteiger partial charge in [0.05, 0.1) is 23.5 Å². The van der Waals surface area contributed by atoms with Crippen LogP contribution in [0.2, 0.25) is 0 Å². The molecule has 1 fully saturated rings. The van der Waals surface area contributed by atoms with Crippen LogP contribution in [0, 0.1) is 6.92 Å². The van der Waals surface area contributed by atoms with E-state index in [2.05, 4.69) is 0 Å². The minimum absolute atomic E-state index is 0.158. The van der Waals surface area contributed by atoms with E-state index in [4.69, 9.17) is 9.15 Å². The Hall–Kier alpha value is -1.84. The van der Waals surface area contributed by atoms with E-state index in [1.165, 1.54) is 23.7 Å². The van der Waals surface area contributed by atoms with Gasteiger partial charge in [0.15, 0.2) is 9.84 Å². The van der Waals surface area contributed by atoms with Crippen molar-refractivity contribution in [2.45, 2.75) is 35.7 Å². The fourth-order valence-electron chi connectivity index (χ4n) is 3.30. The molecule has 0 N–H and O–H groups in total. The number of sulfonamides is 1. The third kappa shape index (κ3) is 4.20. The molecular formula is C18H23NO6S2. The van der Waals surface area contributed by atoms with Crippen molar-refractivity contribution in [3.8, 4) is 5.75 Å². The minimum Gasteiger partial charge on any atom is -0.496 e. The zero-order valence-corrected chi connectivity index (χ0v) is 16.9. The first-order valence-electron chi connectivity index (χ1n) is 8.63. The van der Waals surface area contributed by atoms with Crippen LogP contribution in [0.4, 0.5) is 0 Å². The van der Waals surface area contributed by atoms with Gasteiger partial charge in [-0.1, -0.05) is 0 Å². The third-order valence-electron chi connectivity index (χ3n) is 4.84. The normalized spacial score (nSPS) is 17.1. The molecule has 2 heterocycles. The van der Waals surface area contributed by atoms with Crippen LogP contribution >= 0.6 is 0 Å². The van der Waals surface area contributed by atoms with Gasteiger partial charge in [0.2, 0.25) is 10.0 Å². The summed E-state index contributed by atoms with van der Waals surface area (Å²) in [6, 6.07) is 8.00. The molecule has 7 nitrogen and oxygen atoms in total. The molecule has 1 aromatic heterocycles. The lowest BCUT2D eigenvalue weighted by Gasteiger charge is -2.31. The molecule has 0 radical (unpaired) electrons. The van der Waals surface area contributed by atoms with E-state index in [0.29, 0.717) is 11.5 Å². The lowest BCUT2D eigenvalue weighted by molar-refractivity contribution is 0.345. The molecule has 0 amide bonds. The fourth-order valence-corrected chi connectivity index (χ4v) is 6.58. The molecule has 0 spiro atoms. The van der Waals surface area contributed by atoms with Crippen molar-refractivity contribution in [1.82, 2.24) is 4.31 Å². The van der Waals surface area contributed by atoms with E-state index >= 15 is 0 Å². The summed E-state index contributed by atoms with van der Waals surface area (Å²) < 4.78 is 62.5. The van der Waals surface area contributed by atoms with Gasteiger partial charge in [-0.05, 0) is 55.7 Å². The molecule has 1 aromatic carbocycles. The summed E-state index contributed by atoms with van der Waals surface area (Å²) >= 11 is 0. The van der Waals surface area contributed by atoms with Crippen molar-refractivity contribution in [2.24, 2.45) is 0 Å². The van der Waals surface area contributed by atoms with Crippen molar-refractivity contribution in [1.29, 1.82) is 0 Å². The van der Waals surface area contributed by atoms with Gasteiger partial charge in [0.25, 0.3) is 0 Å². The summed E-state index contributed by atoms with van der Waals surface area (Å²) in [4.78, 5) is 0.192. The Bertz CT molecular complexity index is 988. The van der Waals surface area contributed by atoms with Crippen molar-refractivity contribution in [2.75, 3.05) is 20.2 Å². The van der Waals surface area contributed by atoms with Gasteiger partial charge in [0, 0.05) is 13.1 Å². The Labute approximate surface area is 159 Å². The van der Waals surface area contributed by atoms with Crippen molar-refractivity contribution in [3.63, 3.8) is 0 Å². The van der Waals surface area contributed by atoms with Gasteiger partial charge in [-0.2, -0.15) is 4.31 Å². The third-order valence-corrected chi connectivity index (χ3v) is 8.91. The lowest BCUT2D eigenvalue weighted by atomic mass is 10.2. The van der Waals surface area contributed by atoms with Crippen LogP contribution in [0.1, 0.15) is 24.2 Å². The maximum absolute atomic E-state index is 12.9. The molecule has 0 unspecified atom stereocenters.